The minimum atomic E-state index is -0.222. The van der Waals surface area contributed by atoms with Gasteiger partial charge in [-0.25, -0.2) is 4.98 Å². The molecule has 3 aromatic rings. The summed E-state index contributed by atoms with van der Waals surface area (Å²) in [4.78, 5) is 16.7. The Balaban J connectivity index is 1.71. The number of thiazole rings is 1. The van der Waals surface area contributed by atoms with Crippen molar-refractivity contribution in [3.63, 3.8) is 0 Å². The molecule has 0 aliphatic heterocycles. The van der Waals surface area contributed by atoms with E-state index >= 15 is 0 Å². The van der Waals surface area contributed by atoms with Crippen LogP contribution < -0.4 is 10.1 Å². The molecule has 0 radical (unpaired) electrons. The van der Waals surface area contributed by atoms with Crippen molar-refractivity contribution in [3.05, 3.63) is 59.1 Å². The number of rotatable bonds is 7. The Morgan fingerprint density at radius 2 is 2.12 bits per heavy atom. The van der Waals surface area contributed by atoms with Crippen molar-refractivity contribution in [1.82, 2.24) is 10.3 Å². The van der Waals surface area contributed by atoms with Crippen LogP contribution in [-0.4, -0.2) is 31.7 Å². The summed E-state index contributed by atoms with van der Waals surface area (Å²) >= 11 is 1.57. The van der Waals surface area contributed by atoms with Crippen LogP contribution in [0.15, 0.2) is 48.0 Å². The lowest BCUT2D eigenvalue weighted by molar-refractivity contribution is -0.121. The van der Waals surface area contributed by atoms with E-state index in [2.05, 4.69) is 10.3 Å². The number of hydrogen-bond donors (Lipinski definition) is 1. The number of fused-ring (bicyclic) bond motifs is 1. The third kappa shape index (κ3) is 4.35. The second-order valence-electron chi connectivity index (χ2n) is 5.68. The van der Waals surface area contributed by atoms with Gasteiger partial charge in [-0.3, -0.25) is 4.79 Å². The Bertz CT molecular complexity index is 863. The van der Waals surface area contributed by atoms with E-state index in [1.54, 1.807) is 25.6 Å². The smallest absolute Gasteiger partial charge is 0.224 e. The van der Waals surface area contributed by atoms with Gasteiger partial charge in [0.15, 0.2) is 0 Å². The maximum atomic E-state index is 12.5. The second kappa shape index (κ2) is 8.09. The summed E-state index contributed by atoms with van der Waals surface area (Å²) in [5.41, 5.74) is 4.69. The molecule has 3 rings (SSSR count). The lowest BCUT2D eigenvalue weighted by Gasteiger charge is -2.19. The van der Waals surface area contributed by atoms with E-state index in [0.29, 0.717) is 13.0 Å². The summed E-state index contributed by atoms with van der Waals surface area (Å²) in [7, 11) is 3.25. The van der Waals surface area contributed by atoms with E-state index in [-0.39, 0.29) is 11.9 Å². The number of carbonyl (C=O) groups excluding carboxylic acids is 1. The predicted molar refractivity (Wildman–Crippen MR) is 99.1 cm³/mol. The number of benzene rings is 2. The minimum Gasteiger partial charge on any atom is -0.497 e. The highest BCUT2D eigenvalue weighted by Gasteiger charge is 2.16. The summed E-state index contributed by atoms with van der Waals surface area (Å²) in [6, 6.07) is 13.3. The van der Waals surface area contributed by atoms with Gasteiger partial charge in [0.2, 0.25) is 5.91 Å². The van der Waals surface area contributed by atoms with Gasteiger partial charge in [-0.1, -0.05) is 18.2 Å². The zero-order valence-corrected chi connectivity index (χ0v) is 15.0. The molecule has 0 aliphatic rings. The molecule has 1 atom stereocenters. The SMILES string of the molecule is COCC(NC(=O)Cc1ccc2ncsc2c1)c1cccc(OC)c1. The van der Waals surface area contributed by atoms with Crippen LogP contribution in [0, 0.1) is 0 Å². The fourth-order valence-corrected chi connectivity index (χ4v) is 3.43. The van der Waals surface area contributed by atoms with Crippen molar-refractivity contribution in [3.8, 4) is 5.75 Å². The van der Waals surface area contributed by atoms with Crippen molar-refractivity contribution in [2.45, 2.75) is 12.5 Å². The number of hydrogen-bond acceptors (Lipinski definition) is 5. The Hall–Kier alpha value is -2.44. The van der Waals surface area contributed by atoms with Crippen molar-refractivity contribution < 1.29 is 14.3 Å². The molecule has 1 amide bonds. The number of ether oxygens (including phenoxy) is 2. The summed E-state index contributed by atoms with van der Waals surface area (Å²) < 4.78 is 11.6. The van der Waals surface area contributed by atoms with Gasteiger partial charge >= 0.3 is 0 Å². The maximum absolute atomic E-state index is 12.5. The van der Waals surface area contributed by atoms with Crippen molar-refractivity contribution >= 4 is 27.5 Å². The zero-order valence-electron chi connectivity index (χ0n) is 14.2. The molecule has 1 aromatic heterocycles. The van der Waals surface area contributed by atoms with Gasteiger partial charge in [0, 0.05) is 7.11 Å². The highest BCUT2D eigenvalue weighted by molar-refractivity contribution is 7.16. The highest BCUT2D eigenvalue weighted by atomic mass is 32.1. The van der Waals surface area contributed by atoms with Crippen LogP contribution in [0.2, 0.25) is 0 Å². The summed E-state index contributed by atoms with van der Waals surface area (Å²) in [6.45, 7) is 0.396. The molecule has 0 saturated heterocycles. The van der Waals surface area contributed by atoms with E-state index in [9.17, 15) is 4.79 Å². The minimum absolute atomic E-state index is 0.0475. The number of nitrogens with zero attached hydrogens (tertiary/aromatic N) is 1. The molecule has 0 saturated carbocycles. The van der Waals surface area contributed by atoms with E-state index in [4.69, 9.17) is 9.47 Å². The molecule has 0 bridgehead atoms. The van der Waals surface area contributed by atoms with Crippen LogP contribution in [0.5, 0.6) is 5.75 Å². The van der Waals surface area contributed by atoms with Crippen molar-refractivity contribution in [2.75, 3.05) is 20.8 Å². The quantitative estimate of drug-likeness (QED) is 0.705. The first-order valence-corrected chi connectivity index (χ1v) is 8.82. The van der Waals surface area contributed by atoms with Crippen LogP contribution in [0.4, 0.5) is 0 Å². The van der Waals surface area contributed by atoms with Gasteiger partial charge in [-0.15, -0.1) is 11.3 Å². The summed E-state index contributed by atoms with van der Waals surface area (Å²) in [6.07, 6.45) is 0.317. The Kier molecular flexibility index (Phi) is 5.63. The molecule has 2 aromatic carbocycles. The molecule has 6 heteroatoms. The molecule has 25 heavy (non-hydrogen) atoms. The van der Waals surface area contributed by atoms with Crippen LogP contribution in [0.3, 0.4) is 0 Å². The normalized spacial score (nSPS) is 12.1. The number of nitrogens with one attached hydrogen (secondary N) is 1. The highest BCUT2D eigenvalue weighted by Crippen LogP contribution is 2.21. The van der Waals surface area contributed by atoms with E-state index in [1.165, 1.54) is 0 Å². The fourth-order valence-electron chi connectivity index (χ4n) is 2.69. The van der Waals surface area contributed by atoms with E-state index in [0.717, 1.165) is 27.1 Å². The second-order valence-corrected chi connectivity index (χ2v) is 6.57. The molecule has 0 spiro atoms. The average Bonchev–Trinajstić information content (AvgIpc) is 3.09. The maximum Gasteiger partial charge on any atom is 0.224 e. The first-order valence-electron chi connectivity index (χ1n) is 7.94. The molecule has 0 fully saturated rings. The molecule has 1 heterocycles. The van der Waals surface area contributed by atoms with Gasteiger partial charge in [0.1, 0.15) is 5.75 Å². The zero-order chi connectivity index (χ0) is 17.6. The average molecular weight is 356 g/mol. The Morgan fingerprint density at radius 3 is 2.92 bits per heavy atom. The molecule has 0 aliphatic carbocycles. The fraction of sp³-hybridized carbons (Fsp3) is 0.263. The molecular weight excluding hydrogens is 336 g/mol. The number of amides is 1. The molecule has 130 valence electrons. The van der Waals surface area contributed by atoms with Crippen LogP contribution in [-0.2, 0) is 16.0 Å². The van der Waals surface area contributed by atoms with Crippen LogP contribution >= 0.6 is 11.3 Å². The van der Waals surface area contributed by atoms with Gasteiger partial charge in [0.25, 0.3) is 0 Å². The molecule has 1 N–H and O–H groups in total. The third-order valence-corrected chi connectivity index (χ3v) is 4.72. The largest absolute Gasteiger partial charge is 0.497 e. The lowest BCUT2D eigenvalue weighted by Crippen LogP contribution is -2.32. The van der Waals surface area contributed by atoms with Gasteiger partial charge < -0.3 is 14.8 Å². The first-order chi connectivity index (χ1) is 12.2. The topological polar surface area (TPSA) is 60.5 Å². The number of methoxy groups -OCH3 is 2. The van der Waals surface area contributed by atoms with Crippen molar-refractivity contribution in [1.29, 1.82) is 0 Å². The summed E-state index contributed by atoms with van der Waals surface area (Å²) in [5.74, 6) is 0.706. The van der Waals surface area contributed by atoms with Crippen LogP contribution in [0.25, 0.3) is 10.2 Å². The van der Waals surface area contributed by atoms with Crippen molar-refractivity contribution in [2.24, 2.45) is 0 Å². The predicted octanol–water partition coefficient (Wildman–Crippen LogP) is 3.35. The van der Waals surface area contributed by atoms with E-state index in [1.807, 2.05) is 48.0 Å². The molecule has 5 nitrogen and oxygen atoms in total. The van der Waals surface area contributed by atoms with Gasteiger partial charge in [0.05, 0.1) is 41.9 Å². The lowest BCUT2D eigenvalue weighted by atomic mass is 10.1. The number of aromatic nitrogens is 1. The summed E-state index contributed by atoms with van der Waals surface area (Å²) in [5, 5.41) is 3.04. The number of carbonyl (C=O) groups is 1. The molecular formula is C19H20N2O3S. The van der Waals surface area contributed by atoms with Crippen LogP contribution in [0.1, 0.15) is 17.2 Å². The monoisotopic (exact) mass is 356 g/mol. The standard InChI is InChI=1S/C19H20N2O3S/c1-23-11-17(14-4-3-5-15(10-14)24-2)21-19(22)9-13-6-7-16-18(8-13)25-12-20-16/h3-8,10,12,17H,9,11H2,1-2H3,(H,21,22). The Morgan fingerprint density at radius 1 is 1.24 bits per heavy atom. The van der Waals surface area contributed by atoms with Gasteiger partial charge in [-0.2, -0.15) is 0 Å². The third-order valence-electron chi connectivity index (χ3n) is 3.93. The first kappa shape index (κ1) is 17.4. The van der Waals surface area contributed by atoms with Gasteiger partial charge in [-0.05, 0) is 35.4 Å². The van der Waals surface area contributed by atoms with E-state index < -0.39 is 0 Å². The Labute approximate surface area is 150 Å². The molecule has 1 unspecified atom stereocenters.